The Morgan fingerprint density at radius 2 is 2.06 bits per heavy atom. The van der Waals surface area contributed by atoms with E-state index in [2.05, 4.69) is 4.74 Å². The van der Waals surface area contributed by atoms with Crippen molar-refractivity contribution in [1.82, 2.24) is 0 Å². The lowest BCUT2D eigenvalue weighted by molar-refractivity contribution is -0.148. The molecule has 0 aliphatic carbocycles. The van der Waals surface area contributed by atoms with Crippen LogP contribution in [0.15, 0.2) is 18.2 Å². The average molecular weight is 271 g/mol. The molecular formula is C10H7ClF4O2. The number of benzene rings is 1. The molecule has 0 aliphatic rings. The van der Waals surface area contributed by atoms with E-state index in [1.54, 1.807) is 0 Å². The summed E-state index contributed by atoms with van der Waals surface area (Å²) >= 11 is 5.55. The molecule has 17 heavy (non-hydrogen) atoms. The van der Waals surface area contributed by atoms with Gasteiger partial charge in [-0.05, 0) is 18.2 Å². The fourth-order valence-electron chi connectivity index (χ4n) is 0.980. The van der Waals surface area contributed by atoms with Gasteiger partial charge < -0.3 is 4.74 Å². The Kier molecular flexibility index (Phi) is 4.34. The summed E-state index contributed by atoms with van der Waals surface area (Å²) in [4.78, 5) is 10.6. The number of carbonyl (C=O) groups is 1. The van der Waals surface area contributed by atoms with Gasteiger partial charge in [0.25, 0.3) is 0 Å². The van der Waals surface area contributed by atoms with Crippen LogP contribution in [0.1, 0.15) is 10.4 Å². The summed E-state index contributed by atoms with van der Waals surface area (Å²) in [7, 11) is 0. The van der Waals surface area contributed by atoms with Crippen LogP contribution < -0.4 is 4.74 Å². The van der Waals surface area contributed by atoms with Crippen LogP contribution in [0.3, 0.4) is 0 Å². The van der Waals surface area contributed by atoms with Gasteiger partial charge in [0.15, 0.2) is 12.9 Å². The number of alkyl halides is 4. The minimum Gasteiger partial charge on any atom is -0.486 e. The molecule has 0 amide bonds. The van der Waals surface area contributed by atoms with Crippen molar-refractivity contribution in [2.45, 2.75) is 12.3 Å². The topological polar surface area (TPSA) is 26.3 Å². The van der Waals surface area contributed by atoms with Crippen LogP contribution in [-0.4, -0.2) is 25.2 Å². The highest BCUT2D eigenvalue weighted by atomic mass is 35.5. The normalized spacial score (nSPS) is 11.6. The Bertz CT molecular complexity index is 409. The number of rotatable bonds is 5. The minimum atomic E-state index is -4.26. The first-order chi connectivity index (χ1) is 7.86. The Balaban J connectivity index is 2.79. The molecular weight excluding hydrogens is 264 g/mol. The van der Waals surface area contributed by atoms with Crippen LogP contribution in [0, 0.1) is 0 Å². The molecule has 0 saturated heterocycles. The number of hydrogen-bond acceptors (Lipinski definition) is 2. The largest absolute Gasteiger partial charge is 0.486 e. The van der Waals surface area contributed by atoms with Gasteiger partial charge in [-0.2, -0.15) is 8.78 Å². The van der Waals surface area contributed by atoms with Gasteiger partial charge in [0.2, 0.25) is 0 Å². The standard InChI is InChI=1S/C10H7ClF4O2/c11-7-1-2-8(6(3-7)4-16)17-5-10(14,15)9(12)13/h1-4,9H,5H2. The number of ether oxygens (including phenoxy) is 1. The minimum absolute atomic E-state index is 0.0810. The zero-order valence-corrected chi connectivity index (χ0v) is 9.06. The Labute approximate surface area is 99.1 Å². The highest BCUT2D eigenvalue weighted by Crippen LogP contribution is 2.26. The Morgan fingerprint density at radius 3 is 2.59 bits per heavy atom. The molecule has 0 radical (unpaired) electrons. The lowest BCUT2D eigenvalue weighted by Gasteiger charge is -2.16. The van der Waals surface area contributed by atoms with Gasteiger partial charge in [0, 0.05) is 5.02 Å². The van der Waals surface area contributed by atoms with Crippen LogP contribution in [0.2, 0.25) is 5.02 Å². The highest BCUT2D eigenvalue weighted by Gasteiger charge is 2.41. The first-order valence-corrected chi connectivity index (χ1v) is 4.78. The number of hydrogen-bond donors (Lipinski definition) is 0. The first-order valence-electron chi connectivity index (χ1n) is 4.40. The van der Waals surface area contributed by atoms with Crippen LogP contribution in [0.4, 0.5) is 17.6 Å². The van der Waals surface area contributed by atoms with E-state index in [1.807, 2.05) is 0 Å². The van der Waals surface area contributed by atoms with E-state index in [-0.39, 0.29) is 16.3 Å². The van der Waals surface area contributed by atoms with Gasteiger partial charge in [-0.1, -0.05) is 11.6 Å². The molecule has 7 heteroatoms. The quantitative estimate of drug-likeness (QED) is 0.605. The number of halogens is 5. The molecule has 0 aliphatic heterocycles. The van der Waals surface area contributed by atoms with Crippen molar-refractivity contribution >= 4 is 17.9 Å². The molecule has 0 bridgehead atoms. The van der Waals surface area contributed by atoms with E-state index in [1.165, 1.54) is 12.1 Å². The molecule has 0 fully saturated rings. The highest BCUT2D eigenvalue weighted by molar-refractivity contribution is 6.30. The van der Waals surface area contributed by atoms with Crippen molar-refractivity contribution in [2.75, 3.05) is 6.61 Å². The molecule has 1 aromatic carbocycles. The number of carbonyl (C=O) groups excluding carboxylic acids is 1. The van der Waals surface area contributed by atoms with Crippen molar-refractivity contribution in [3.63, 3.8) is 0 Å². The summed E-state index contributed by atoms with van der Waals surface area (Å²) in [6.07, 6.45) is -3.49. The second-order valence-electron chi connectivity index (χ2n) is 3.15. The maximum Gasteiger partial charge on any atom is 0.340 e. The summed E-state index contributed by atoms with van der Waals surface area (Å²) in [6, 6.07) is 3.64. The fourth-order valence-corrected chi connectivity index (χ4v) is 1.16. The van der Waals surface area contributed by atoms with Crippen molar-refractivity contribution < 1.29 is 27.1 Å². The summed E-state index contributed by atoms with van der Waals surface area (Å²) in [5.74, 6) is -4.48. The fraction of sp³-hybridized carbons (Fsp3) is 0.300. The molecule has 0 spiro atoms. The van der Waals surface area contributed by atoms with E-state index in [4.69, 9.17) is 11.6 Å². The van der Waals surface area contributed by atoms with E-state index in [0.29, 0.717) is 6.29 Å². The summed E-state index contributed by atoms with van der Waals surface area (Å²) in [5.41, 5.74) is -0.0810. The van der Waals surface area contributed by atoms with Gasteiger partial charge in [0.1, 0.15) is 5.75 Å². The van der Waals surface area contributed by atoms with Crippen molar-refractivity contribution in [3.8, 4) is 5.75 Å². The maximum atomic E-state index is 12.6. The van der Waals surface area contributed by atoms with Crippen molar-refractivity contribution in [3.05, 3.63) is 28.8 Å². The third kappa shape index (κ3) is 3.59. The predicted octanol–water partition coefficient (Wildman–Crippen LogP) is 3.43. The third-order valence-electron chi connectivity index (χ3n) is 1.84. The first kappa shape index (κ1) is 13.8. The molecule has 1 aromatic rings. The smallest absolute Gasteiger partial charge is 0.340 e. The molecule has 0 saturated carbocycles. The summed E-state index contributed by atoms with van der Waals surface area (Å²) in [6.45, 7) is -1.51. The number of aldehydes is 1. The second-order valence-corrected chi connectivity index (χ2v) is 3.59. The molecule has 1 rings (SSSR count). The van der Waals surface area contributed by atoms with Gasteiger partial charge in [-0.3, -0.25) is 4.79 Å². The lowest BCUT2D eigenvalue weighted by atomic mass is 10.2. The predicted molar refractivity (Wildman–Crippen MR) is 53.3 cm³/mol. The SMILES string of the molecule is O=Cc1cc(Cl)ccc1OCC(F)(F)C(F)F. The van der Waals surface area contributed by atoms with Crippen LogP contribution in [0.25, 0.3) is 0 Å². The molecule has 0 N–H and O–H groups in total. The summed E-state index contributed by atoms with van der Waals surface area (Å²) in [5, 5.41) is 0.208. The van der Waals surface area contributed by atoms with E-state index in [0.717, 1.165) is 6.07 Å². The van der Waals surface area contributed by atoms with Gasteiger partial charge in [-0.15, -0.1) is 0 Å². The van der Waals surface area contributed by atoms with E-state index < -0.39 is 19.0 Å². The van der Waals surface area contributed by atoms with E-state index in [9.17, 15) is 22.4 Å². The van der Waals surface area contributed by atoms with Crippen LogP contribution in [-0.2, 0) is 0 Å². The zero-order chi connectivity index (χ0) is 13.1. The van der Waals surface area contributed by atoms with Gasteiger partial charge in [0.05, 0.1) is 5.56 Å². The molecule has 0 atom stereocenters. The van der Waals surface area contributed by atoms with Crippen molar-refractivity contribution in [2.24, 2.45) is 0 Å². The summed E-state index contributed by atoms with van der Waals surface area (Å²) < 4.78 is 53.3. The molecule has 0 unspecified atom stereocenters. The second kappa shape index (κ2) is 5.35. The van der Waals surface area contributed by atoms with E-state index >= 15 is 0 Å². The third-order valence-corrected chi connectivity index (χ3v) is 2.07. The van der Waals surface area contributed by atoms with Crippen LogP contribution >= 0.6 is 11.6 Å². The van der Waals surface area contributed by atoms with Gasteiger partial charge >= 0.3 is 12.3 Å². The Hall–Kier alpha value is -1.30. The maximum absolute atomic E-state index is 12.6. The molecule has 0 heterocycles. The molecule has 94 valence electrons. The lowest BCUT2D eigenvalue weighted by Crippen LogP contribution is -2.33. The van der Waals surface area contributed by atoms with Crippen molar-refractivity contribution in [1.29, 1.82) is 0 Å². The molecule has 0 aromatic heterocycles. The monoisotopic (exact) mass is 270 g/mol. The van der Waals surface area contributed by atoms with Gasteiger partial charge in [-0.25, -0.2) is 8.78 Å². The average Bonchev–Trinajstić information content (AvgIpc) is 2.27. The molecule has 2 nitrogen and oxygen atoms in total. The van der Waals surface area contributed by atoms with Crippen LogP contribution in [0.5, 0.6) is 5.75 Å². The zero-order valence-electron chi connectivity index (χ0n) is 8.30. The Morgan fingerprint density at radius 1 is 1.41 bits per heavy atom.